The summed E-state index contributed by atoms with van der Waals surface area (Å²) in [5.74, 6) is 6.90. The molecule has 170 valence electrons. The molecule has 0 amide bonds. The number of unbranched alkanes of at least 4 members (excludes halogenated alkanes) is 2. The molecule has 1 aromatic heterocycles. The van der Waals surface area contributed by atoms with Gasteiger partial charge in [0.2, 0.25) is 0 Å². The summed E-state index contributed by atoms with van der Waals surface area (Å²) in [4.78, 5) is 11.2. The highest BCUT2D eigenvalue weighted by atomic mass is 32.1. The highest BCUT2D eigenvalue weighted by Gasteiger charge is 2.03. The number of hydrogen-bond donors (Lipinski definition) is 0. The lowest BCUT2D eigenvalue weighted by Crippen LogP contribution is -2.03. The van der Waals surface area contributed by atoms with Gasteiger partial charge < -0.3 is 9.47 Å². The molecule has 0 atom stereocenters. The number of rotatable bonds is 11. The van der Waals surface area contributed by atoms with E-state index in [1.165, 1.54) is 18.1 Å². The first kappa shape index (κ1) is 25.5. The fourth-order valence-corrected chi connectivity index (χ4v) is 3.52. The van der Waals surface area contributed by atoms with Crippen LogP contribution in [0.4, 0.5) is 0 Å². The van der Waals surface area contributed by atoms with Crippen LogP contribution in [0.2, 0.25) is 0 Å². The molecule has 1 aromatic carbocycles. The Morgan fingerprint density at radius 3 is 2.72 bits per heavy atom. The van der Waals surface area contributed by atoms with Gasteiger partial charge in [-0.3, -0.25) is 4.79 Å². The van der Waals surface area contributed by atoms with E-state index in [9.17, 15) is 4.79 Å². The standard InChI is InChI=1S/C28H34O3S/c1-23(29)31-21-24(12-7-5-9-17-28(2,3)4)13-8-6-10-18-30-27-15-11-14-25(20-27)26-16-19-32-22-26/h5,7,11,13-16,19-20,22H,6,8,10,12,18,21H2,1-4H3. The summed E-state index contributed by atoms with van der Waals surface area (Å²) in [6.07, 6.45) is 9.72. The van der Waals surface area contributed by atoms with Gasteiger partial charge in [-0.25, -0.2) is 0 Å². The Bertz CT molecular complexity index is 951. The van der Waals surface area contributed by atoms with Crippen LogP contribution in [-0.2, 0) is 9.53 Å². The molecule has 0 saturated carbocycles. The first-order chi connectivity index (χ1) is 15.3. The number of esters is 1. The van der Waals surface area contributed by atoms with Crippen molar-refractivity contribution in [2.45, 2.75) is 53.4 Å². The number of carbonyl (C=O) groups is 1. The molecular weight excluding hydrogens is 416 g/mol. The zero-order valence-corrected chi connectivity index (χ0v) is 20.5. The molecule has 3 nitrogen and oxygen atoms in total. The van der Waals surface area contributed by atoms with E-state index in [0.717, 1.165) is 37.0 Å². The van der Waals surface area contributed by atoms with Gasteiger partial charge in [-0.1, -0.05) is 36.1 Å². The maximum atomic E-state index is 11.2. The van der Waals surface area contributed by atoms with E-state index in [4.69, 9.17) is 9.47 Å². The zero-order valence-electron chi connectivity index (χ0n) is 19.6. The summed E-state index contributed by atoms with van der Waals surface area (Å²) in [6.45, 7) is 8.71. The van der Waals surface area contributed by atoms with Gasteiger partial charge in [0.1, 0.15) is 12.4 Å². The average molecular weight is 451 g/mol. The highest BCUT2D eigenvalue weighted by Crippen LogP contribution is 2.25. The fraction of sp³-hybridized carbons (Fsp3) is 0.393. The fourth-order valence-electron chi connectivity index (χ4n) is 2.86. The summed E-state index contributed by atoms with van der Waals surface area (Å²) in [7, 11) is 0. The van der Waals surface area contributed by atoms with Crippen LogP contribution in [0.15, 0.2) is 64.9 Å². The third-order valence-electron chi connectivity index (χ3n) is 4.48. The number of allylic oxidation sites excluding steroid dienone is 3. The largest absolute Gasteiger partial charge is 0.494 e. The van der Waals surface area contributed by atoms with E-state index in [1.807, 2.05) is 24.3 Å². The lowest BCUT2D eigenvalue weighted by Gasteiger charge is -2.08. The van der Waals surface area contributed by atoms with Crippen molar-refractivity contribution in [2.75, 3.05) is 13.2 Å². The maximum Gasteiger partial charge on any atom is 0.302 e. The van der Waals surface area contributed by atoms with Crippen molar-refractivity contribution in [3.63, 3.8) is 0 Å². The van der Waals surface area contributed by atoms with Gasteiger partial charge in [0, 0.05) is 12.3 Å². The van der Waals surface area contributed by atoms with Gasteiger partial charge in [0.15, 0.2) is 0 Å². The molecule has 0 spiro atoms. The Kier molecular flexibility index (Phi) is 10.8. The molecule has 0 N–H and O–H groups in total. The topological polar surface area (TPSA) is 35.5 Å². The minimum atomic E-state index is -0.259. The Labute approximate surface area is 197 Å². The smallest absolute Gasteiger partial charge is 0.302 e. The van der Waals surface area contributed by atoms with Crippen molar-refractivity contribution in [3.05, 3.63) is 64.9 Å². The third kappa shape index (κ3) is 11.0. The van der Waals surface area contributed by atoms with Gasteiger partial charge in [-0.2, -0.15) is 11.3 Å². The minimum Gasteiger partial charge on any atom is -0.494 e. The lowest BCUT2D eigenvalue weighted by molar-refractivity contribution is -0.140. The Morgan fingerprint density at radius 2 is 2.00 bits per heavy atom. The molecular formula is C28H34O3S. The van der Waals surface area contributed by atoms with E-state index >= 15 is 0 Å². The number of ether oxygens (including phenoxy) is 2. The Hall–Kier alpha value is -2.77. The van der Waals surface area contributed by atoms with Crippen molar-refractivity contribution in [1.29, 1.82) is 0 Å². The quantitative estimate of drug-likeness (QED) is 0.154. The van der Waals surface area contributed by atoms with E-state index in [-0.39, 0.29) is 11.4 Å². The molecule has 0 aliphatic rings. The van der Waals surface area contributed by atoms with Gasteiger partial charge >= 0.3 is 5.97 Å². The summed E-state index contributed by atoms with van der Waals surface area (Å²) < 4.78 is 11.1. The molecule has 4 heteroatoms. The molecule has 32 heavy (non-hydrogen) atoms. The highest BCUT2D eigenvalue weighted by molar-refractivity contribution is 7.08. The molecule has 1 heterocycles. The van der Waals surface area contributed by atoms with Gasteiger partial charge in [-0.05, 0) is 98.2 Å². The number of thiophene rings is 1. The molecule has 0 fully saturated rings. The molecule has 2 rings (SSSR count). The van der Waals surface area contributed by atoms with E-state index in [0.29, 0.717) is 13.2 Å². The monoisotopic (exact) mass is 450 g/mol. The molecule has 2 aromatic rings. The molecule has 0 aliphatic carbocycles. The molecule has 0 aliphatic heterocycles. The molecule has 0 bridgehead atoms. The van der Waals surface area contributed by atoms with Gasteiger partial charge in [-0.15, -0.1) is 0 Å². The second-order valence-corrected chi connectivity index (χ2v) is 9.43. The Morgan fingerprint density at radius 1 is 1.16 bits per heavy atom. The lowest BCUT2D eigenvalue weighted by atomic mass is 9.98. The summed E-state index contributed by atoms with van der Waals surface area (Å²) >= 11 is 1.70. The normalized spacial score (nSPS) is 11.8. The zero-order chi connectivity index (χ0) is 23.2. The van der Waals surface area contributed by atoms with Crippen LogP contribution in [0.5, 0.6) is 5.75 Å². The van der Waals surface area contributed by atoms with Crippen molar-refractivity contribution >= 4 is 17.3 Å². The molecule has 0 unspecified atom stereocenters. The van der Waals surface area contributed by atoms with Crippen LogP contribution in [0.3, 0.4) is 0 Å². The minimum absolute atomic E-state index is 0.00591. The molecule has 0 saturated heterocycles. The van der Waals surface area contributed by atoms with Crippen molar-refractivity contribution in [3.8, 4) is 28.7 Å². The SMILES string of the molecule is CC(=O)OCC(=CCCCCOc1cccc(-c2ccsc2)c1)CC=CC#CC(C)(C)C. The number of carbonyl (C=O) groups excluding carboxylic acids is 1. The van der Waals surface area contributed by atoms with Gasteiger partial charge in [0.25, 0.3) is 0 Å². The second-order valence-electron chi connectivity index (χ2n) is 8.65. The van der Waals surface area contributed by atoms with E-state index in [1.54, 1.807) is 11.3 Å². The van der Waals surface area contributed by atoms with Crippen LogP contribution < -0.4 is 4.74 Å². The molecule has 0 radical (unpaired) electrons. The van der Waals surface area contributed by atoms with Crippen LogP contribution in [0, 0.1) is 17.3 Å². The van der Waals surface area contributed by atoms with Crippen LogP contribution in [-0.4, -0.2) is 19.2 Å². The van der Waals surface area contributed by atoms with Crippen LogP contribution in [0.1, 0.15) is 53.4 Å². The second kappa shape index (κ2) is 13.6. The maximum absolute atomic E-state index is 11.2. The van der Waals surface area contributed by atoms with Crippen LogP contribution in [0.25, 0.3) is 11.1 Å². The first-order valence-electron chi connectivity index (χ1n) is 11.1. The average Bonchev–Trinajstić information content (AvgIpc) is 3.28. The number of benzene rings is 1. The summed E-state index contributed by atoms with van der Waals surface area (Å²) in [6, 6.07) is 10.4. The van der Waals surface area contributed by atoms with Crippen molar-refractivity contribution < 1.29 is 14.3 Å². The van der Waals surface area contributed by atoms with Gasteiger partial charge in [0.05, 0.1) is 6.61 Å². The van der Waals surface area contributed by atoms with Crippen LogP contribution >= 0.6 is 11.3 Å². The summed E-state index contributed by atoms with van der Waals surface area (Å²) in [5.41, 5.74) is 3.50. The van der Waals surface area contributed by atoms with E-state index in [2.05, 4.69) is 67.6 Å². The predicted octanol–water partition coefficient (Wildman–Crippen LogP) is 7.45. The first-order valence-corrected chi connectivity index (χ1v) is 12.0. The number of hydrogen-bond acceptors (Lipinski definition) is 4. The van der Waals surface area contributed by atoms with E-state index < -0.39 is 0 Å². The third-order valence-corrected chi connectivity index (χ3v) is 5.16. The van der Waals surface area contributed by atoms with Crippen molar-refractivity contribution in [2.24, 2.45) is 5.41 Å². The Balaban J connectivity index is 1.77. The predicted molar refractivity (Wildman–Crippen MR) is 135 cm³/mol. The van der Waals surface area contributed by atoms with Crippen molar-refractivity contribution in [1.82, 2.24) is 0 Å². The summed E-state index contributed by atoms with van der Waals surface area (Å²) in [5, 5.41) is 4.23.